The number of aromatic nitrogens is 1. The summed E-state index contributed by atoms with van der Waals surface area (Å²) in [5, 5.41) is 7.90. The fraction of sp³-hybridized carbons (Fsp3) is 0.150. The van der Waals surface area contributed by atoms with E-state index in [-0.39, 0.29) is 24.1 Å². The molecule has 1 heterocycles. The predicted octanol–water partition coefficient (Wildman–Crippen LogP) is 3.77. The SMILES string of the molecule is CC(=O)NCc1ccc(-c2csc(NC(=O)Cc3ccc(F)cc3)n2)cc1. The van der Waals surface area contributed by atoms with Crippen molar-refractivity contribution in [1.82, 2.24) is 10.3 Å². The summed E-state index contributed by atoms with van der Waals surface area (Å²) in [6.07, 6.45) is 0.160. The minimum Gasteiger partial charge on any atom is -0.352 e. The summed E-state index contributed by atoms with van der Waals surface area (Å²) in [6.45, 7) is 1.97. The molecule has 0 atom stereocenters. The van der Waals surface area contributed by atoms with Crippen molar-refractivity contribution in [3.8, 4) is 11.3 Å². The minimum atomic E-state index is -0.327. The third-order valence-corrected chi connectivity index (χ3v) is 4.58. The van der Waals surface area contributed by atoms with Gasteiger partial charge in [-0.25, -0.2) is 9.37 Å². The average molecular weight is 383 g/mol. The van der Waals surface area contributed by atoms with Crippen molar-refractivity contribution in [3.05, 3.63) is 70.9 Å². The van der Waals surface area contributed by atoms with Crippen molar-refractivity contribution in [2.24, 2.45) is 0 Å². The maximum Gasteiger partial charge on any atom is 0.230 e. The van der Waals surface area contributed by atoms with E-state index in [1.54, 1.807) is 12.1 Å². The van der Waals surface area contributed by atoms with Gasteiger partial charge < -0.3 is 10.6 Å². The monoisotopic (exact) mass is 383 g/mol. The highest BCUT2D eigenvalue weighted by atomic mass is 32.1. The molecule has 5 nitrogen and oxygen atoms in total. The fourth-order valence-electron chi connectivity index (χ4n) is 2.43. The normalized spacial score (nSPS) is 10.4. The zero-order valence-electron chi connectivity index (χ0n) is 14.7. The summed E-state index contributed by atoms with van der Waals surface area (Å²) in [5.41, 5.74) is 3.43. The molecule has 2 amide bonds. The van der Waals surface area contributed by atoms with E-state index in [1.807, 2.05) is 29.6 Å². The van der Waals surface area contributed by atoms with Crippen molar-refractivity contribution in [3.63, 3.8) is 0 Å². The van der Waals surface area contributed by atoms with E-state index in [2.05, 4.69) is 15.6 Å². The van der Waals surface area contributed by atoms with Gasteiger partial charge in [-0.2, -0.15) is 0 Å². The topological polar surface area (TPSA) is 71.1 Å². The minimum absolute atomic E-state index is 0.0698. The van der Waals surface area contributed by atoms with Crippen LogP contribution in [0.3, 0.4) is 0 Å². The van der Waals surface area contributed by atoms with Crippen molar-refractivity contribution in [2.75, 3.05) is 5.32 Å². The van der Waals surface area contributed by atoms with Gasteiger partial charge in [0.1, 0.15) is 5.82 Å². The van der Waals surface area contributed by atoms with Crippen LogP contribution in [0.4, 0.5) is 9.52 Å². The molecule has 3 rings (SSSR count). The molecule has 0 spiro atoms. The maximum atomic E-state index is 12.9. The molecule has 0 saturated carbocycles. The number of amides is 2. The zero-order valence-corrected chi connectivity index (χ0v) is 15.5. The van der Waals surface area contributed by atoms with Gasteiger partial charge >= 0.3 is 0 Å². The van der Waals surface area contributed by atoms with Gasteiger partial charge in [-0.15, -0.1) is 11.3 Å². The standard InChI is InChI=1S/C20H18FN3O2S/c1-13(25)22-11-15-2-6-16(7-3-15)18-12-27-20(23-18)24-19(26)10-14-4-8-17(21)9-5-14/h2-9,12H,10-11H2,1H3,(H,22,25)(H,23,24,26). The Balaban J connectivity index is 1.59. The van der Waals surface area contributed by atoms with E-state index in [0.717, 1.165) is 22.4 Å². The van der Waals surface area contributed by atoms with Gasteiger partial charge in [0, 0.05) is 24.4 Å². The highest BCUT2D eigenvalue weighted by molar-refractivity contribution is 7.14. The first kappa shape index (κ1) is 18.7. The Morgan fingerprint density at radius 1 is 1.04 bits per heavy atom. The Kier molecular flexibility index (Phi) is 5.93. The largest absolute Gasteiger partial charge is 0.352 e. The number of rotatable bonds is 6. The molecule has 0 aliphatic heterocycles. The molecular weight excluding hydrogens is 365 g/mol. The summed E-state index contributed by atoms with van der Waals surface area (Å²) < 4.78 is 12.9. The number of halogens is 1. The summed E-state index contributed by atoms with van der Waals surface area (Å²) in [5.74, 6) is -0.598. The number of hydrogen-bond acceptors (Lipinski definition) is 4. The number of hydrogen-bond donors (Lipinski definition) is 2. The van der Waals surface area contributed by atoms with Crippen molar-refractivity contribution < 1.29 is 14.0 Å². The number of carbonyl (C=O) groups is 2. The second kappa shape index (κ2) is 8.55. The Morgan fingerprint density at radius 3 is 2.37 bits per heavy atom. The van der Waals surface area contributed by atoms with Crippen molar-refractivity contribution in [1.29, 1.82) is 0 Å². The van der Waals surface area contributed by atoms with E-state index < -0.39 is 0 Å². The van der Waals surface area contributed by atoms with Crippen molar-refractivity contribution in [2.45, 2.75) is 19.9 Å². The molecule has 0 saturated heterocycles. The molecule has 0 fully saturated rings. The zero-order chi connectivity index (χ0) is 19.2. The summed E-state index contributed by atoms with van der Waals surface area (Å²) >= 11 is 1.34. The lowest BCUT2D eigenvalue weighted by Gasteiger charge is -2.04. The van der Waals surface area contributed by atoms with Crippen LogP contribution >= 0.6 is 11.3 Å². The number of nitrogens with zero attached hydrogens (tertiary/aromatic N) is 1. The lowest BCUT2D eigenvalue weighted by atomic mass is 10.1. The molecule has 0 unspecified atom stereocenters. The summed E-state index contributed by atoms with van der Waals surface area (Å²) in [7, 11) is 0. The van der Waals surface area contributed by atoms with Crippen LogP contribution in [0.15, 0.2) is 53.9 Å². The van der Waals surface area contributed by atoms with Gasteiger partial charge in [0.15, 0.2) is 5.13 Å². The van der Waals surface area contributed by atoms with Crippen LogP contribution in [0, 0.1) is 5.82 Å². The molecule has 7 heteroatoms. The van der Waals surface area contributed by atoms with Crippen LogP contribution in [-0.4, -0.2) is 16.8 Å². The Hall–Kier alpha value is -3.06. The highest BCUT2D eigenvalue weighted by Crippen LogP contribution is 2.25. The van der Waals surface area contributed by atoms with Crippen LogP contribution in [0.5, 0.6) is 0 Å². The Labute approximate surface area is 160 Å². The van der Waals surface area contributed by atoms with Crippen molar-refractivity contribution >= 4 is 28.3 Å². The van der Waals surface area contributed by atoms with E-state index in [1.165, 1.54) is 30.4 Å². The van der Waals surface area contributed by atoms with Gasteiger partial charge in [0.05, 0.1) is 12.1 Å². The number of carbonyl (C=O) groups excluding carboxylic acids is 2. The molecule has 138 valence electrons. The first-order valence-electron chi connectivity index (χ1n) is 8.33. The molecule has 2 aromatic carbocycles. The number of thiazole rings is 1. The molecule has 27 heavy (non-hydrogen) atoms. The molecule has 2 N–H and O–H groups in total. The molecule has 1 aromatic heterocycles. The second-order valence-corrected chi connectivity index (χ2v) is 6.85. The first-order chi connectivity index (χ1) is 13.0. The van der Waals surface area contributed by atoms with E-state index in [0.29, 0.717) is 11.7 Å². The third-order valence-electron chi connectivity index (χ3n) is 3.82. The van der Waals surface area contributed by atoms with E-state index >= 15 is 0 Å². The molecule has 0 radical (unpaired) electrons. The molecule has 0 bridgehead atoms. The van der Waals surface area contributed by atoms with E-state index in [4.69, 9.17) is 0 Å². The van der Waals surface area contributed by atoms with Crippen LogP contribution in [0.2, 0.25) is 0 Å². The average Bonchev–Trinajstić information content (AvgIpc) is 3.10. The summed E-state index contributed by atoms with van der Waals surface area (Å²) in [4.78, 5) is 27.5. The van der Waals surface area contributed by atoms with Crippen LogP contribution in [0.1, 0.15) is 18.1 Å². The van der Waals surface area contributed by atoms with Gasteiger partial charge in [0.25, 0.3) is 0 Å². The van der Waals surface area contributed by atoms with Gasteiger partial charge in [0.2, 0.25) is 11.8 Å². The van der Waals surface area contributed by atoms with E-state index in [9.17, 15) is 14.0 Å². The smallest absolute Gasteiger partial charge is 0.230 e. The molecule has 3 aromatic rings. The highest BCUT2D eigenvalue weighted by Gasteiger charge is 2.09. The molecular formula is C20H18FN3O2S. The Bertz CT molecular complexity index is 937. The van der Waals surface area contributed by atoms with Gasteiger partial charge in [-0.1, -0.05) is 36.4 Å². The Morgan fingerprint density at radius 2 is 1.70 bits per heavy atom. The van der Waals surface area contributed by atoms with Gasteiger partial charge in [-0.3, -0.25) is 9.59 Å². The van der Waals surface area contributed by atoms with Gasteiger partial charge in [-0.05, 0) is 23.3 Å². The molecule has 0 aliphatic carbocycles. The predicted molar refractivity (Wildman–Crippen MR) is 104 cm³/mol. The lowest BCUT2D eigenvalue weighted by Crippen LogP contribution is -2.18. The quantitative estimate of drug-likeness (QED) is 0.681. The summed E-state index contributed by atoms with van der Waals surface area (Å²) in [6, 6.07) is 13.6. The van der Waals surface area contributed by atoms with Crippen LogP contribution in [0.25, 0.3) is 11.3 Å². The molecule has 0 aliphatic rings. The number of anilines is 1. The maximum absolute atomic E-state index is 12.9. The first-order valence-corrected chi connectivity index (χ1v) is 9.21. The number of benzene rings is 2. The second-order valence-electron chi connectivity index (χ2n) is 6.00. The number of nitrogens with one attached hydrogen (secondary N) is 2. The third kappa shape index (κ3) is 5.46. The van der Waals surface area contributed by atoms with Crippen LogP contribution in [-0.2, 0) is 22.6 Å². The lowest BCUT2D eigenvalue weighted by molar-refractivity contribution is -0.119. The van der Waals surface area contributed by atoms with Crippen LogP contribution < -0.4 is 10.6 Å². The fourth-order valence-corrected chi connectivity index (χ4v) is 3.17.